The van der Waals surface area contributed by atoms with Gasteiger partial charge in [-0.15, -0.1) is 0 Å². The van der Waals surface area contributed by atoms with Crippen molar-refractivity contribution in [1.82, 2.24) is 0 Å². The zero-order valence-corrected chi connectivity index (χ0v) is 4.97. The Labute approximate surface area is 55.1 Å². The van der Waals surface area contributed by atoms with E-state index in [1.807, 2.05) is 0 Å². The minimum Gasteiger partial charge on any atom is -0.291 e. The fourth-order valence-corrected chi connectivity index (χ4v) is 0.243. The Morgan fingerprint density at radius 2 is 1.50 bits per heavy atom. The lowest BCUT2D eigenvalue weighted by molar-refractivity contribution is -0.590. The Morgan fingerprint density at radius 3 is 1.50 bits per heavy atom. The Hall–Kier alpha value is -0.570. The standard InChI is InChI=1S/C3H6O7/c1-2(4)3(8-5,9-6)10-7/h5-7H,1H3. The van der Waals surface area contributed by atoms with Crippen molar-refractivity contribution in [3.05, 3.63) is 0 Å². The van der Waals surface area contributed by atoms with Crippen molar-refractivity contribution < 1.29 is 35.2 Å². The lowest BCUT2D eigenvalue weighted by Crippen LogP contribution is -2.43. The third kappa shape index (κ3) is 1.48. The highest BCUT2D eigenvalue weighted by Gasteiger charge is 2.42. The summed E-state index contributed by atoms with van der Waals surface area (Å²) < 4.78 is 0. The van der Waals surface area contributed by atoms with Crippen LogP contribution in [0.3, 0.4) is 0 Å². The summed E-state index contributed by atoms with van der Waals surface area (Å²) in [6, 6.07) is 0. The summed E-state index contributed by atoms with van der Waals surface area (Å²) in [6.45, 7) is 0.850. The Bertz CT molecular complexity index is 108. The summed E-state index contributed by atoms with van der Waals surface area (Å²) in [5, 5.41) is 23.6. The molecule has 7 heteroatoms. The molecule has 60 valence electrons. The quantitative estimate of drug-likeness (QED) is 0.290. The van der Waals surface area contributed by atoms with Gasteiger partial charge in [-0.2, -0.15) is 14.7 Å². The Balaban J connectivity index is 4.31. The maximum absolute atomic E-state index is 10.3. The third-order valence-electron chi connectivity index (χ3n) is 0.792. The highest BCUT2D eigenvalue weighted by atomic mass is 17.3. The lowest BCUT2D eigenvalue weighted by atomic mass is 10.4. The summed E-state index contributed by atoms with van der Waals surface area (Å²) in [4.78, 5) is 19.9. The molecule has 0 spiro atoms. The molecule has 7 nitrogen and oxygen atoms in total. The van der Waals surface area contributed by atoms with Crippen molar-refractivity contribution in [3.63, 3.8) is 0 Å². The van der Waals surface area contributed by atoms with Crippen LogP contribution in [0.5, 0.6) is 0 Å². The predicted molar refractivity (Wildman–Crippen MR) is 24.6 cm³/mol. The van der Waals surface area contributed by atoms with Crippen molar-refractivity contribution in [1.29, 1.82) is 0 Å². The van der Waals surface area contributed by atoms with Crippen LogP contribution < -0.4 is 0 Å². The minimum atomic E-state index is -2.85. The molecule has 0 atom stereocenters. The van der Waals surface area contributed by atoms with E-state index in [4.69, 9.17) is 15.8 Å². The van der Waals surface area contributed by atoms with Crippen molar-refractivity contribution in [3.8, 4) is 0 Å². The number of carbonyl (C=O) groups is 1. The first-order valence-corrected chi connectivity index (χ1v) is 2.11. The average molecular weight is 154 g/mol. The van der Waals surface area contributed by atoms with E-state index in [1.54, 1.807) is 0 Å². The Kier molecular flexibility index (Phi) is 3.36. The largest absolute Gasteiger partial charge is 0.424 e. The summed E-state index contributed by atoms with van der Waals surface area (Å²) in [6.07, 6.45) is 0. The van der Waals surface area contributed by atoms with Crippen molar-refractivity contribution in [2.45, 2.75) is 12.9 Å². The molecule has 0 rings (SSSR count). The molecule has 0 aliphatic rings. The van der Waals surface area contributed by atoms with Crippen LogP contribution in [0, 0.1) is 0 Å². The predicted octanol–water partition coefficient (Wildman–Crippen LogP) is -0.302. The number of ketones is 1. The van der Waals surface area contributed by atoms with E-state index in [-0.39, 0.29) is 0 Å². The summed E-state index contributed by atoms with van der Waals surface area (Å²) in [5.74, 6) is -3.92. The van der Waals surface area contributed by atoms with Gasteiger partial charge >= 0.3 is 5.97 Å². The molecule has 0 aromatic rings. The second kappa shape index (κ2) is 3.56. The first kappa shape index (κ1) is 9.43. The van der Waals surface area contributed by atoms with Gasteiger partial charge in [0.25, 0.3) is 0 Å². The molecule has 0 saturated carbocycles. The van der Waals surface area contributed by atoms with Crippen LogP contribution in [0.15, 0.2) is 0 Å². The van der Waals surface area contributed by atoms with Gasteiger partial charge in [0.1, 0.15) is 0 Å². The summed E-state index contributed by atoms with van der Waals surface area (Å²) in [7, 11) is 0. The van der Waals surface area contributed by atoms with Crippen LogP contribution in [0.2, 0.25) is 0 Å². The van der Waals surface area contributed by atoms with E-state index in [0.29, 0.717) is 0 Å². The van der Waals surface area contributed by atoms with Crippen LogP contribution in [0.4, 0.5) is 0 Å². The van der Waals surface area contributed by atoms with E-state index in [1.165, 1.54) is 0 Å². The molecule has 0 bridgehead atoms. The van der Waals surface area contributed by atoms with Crippen molar-refractivity contribution >= 4 is 5.78 Å². The highest BCUT2D eigenvalue weighted by Crippen LogP contribution is 2.11. The molecule has 0 aliphatic heterocycles. The van der Waals surface area contributed by atoms with E-state index in [2.05, 4.69) is 14.7 Å². The van der Waals surface area contributed by atoms with Crippen LogP contribution >= 0.6 is 0 Å². The first-order valence-electron chi connectivity index (χ1n) is 2.11. The van der Waals surface area contributed by atoms with Gasteiger partial charge in [-0.05, 0) is 0 Å². The molecule has 3 N–H and O–H groups in total. The molecule has 0 fully saturated rings. The molecule has 0 amide bonds. The zero-order valence-electron chi connectivity index (χ0n) is 4.97. The smallest absolute Gasteiger partial charge is 0.291 e. The number of carbonyl (C=O) groups excluding carboxylic acids is 1. The van der Waals surface area contributed by atoms with E-state index >= 15 is 0 Å². The number of rotatable bonds is 4. The molecule has 0 aromatic heterocycles. The van der Waals surface area contributed by atoms with Crippen molar-refractivity contribution in [2.24, 2.45) is 0 Å². The summed E-state index contributed by atoms with van der Waals surface area (Å²) >= 11 is 0. The number of hydrogen-bond acceptors (Lipinski definition) is 7. The van der Waals surface area contributed by atoms with Gasteiger partial charge in [-0.25, -0.2) is 15.8 Å². The van der Waals surface area contributed by atoms with E-state index < -0.39 is 11.8 Å². The highest BCUT2D eigenvalue weighted by molar-refractivity contribution is 5.81. The fraction of sp³-hybridized carbons (Fsp3) is 0.667. The third-order valence-corrected chi connectivity index (χ3v) is 0.792. The summed E-state index contributed by atoms with van der Waals surface area (Å²) in [5.41, 5.74) is 0. The van der Waals surface area contributed by atoms with Crippen LogP contribution in [0.25, 0.3) is 0 Å². The molecule has 0 unspecified atom stereocenters. The maximum Gasteiger partial charge on any atom is 0.424 e. The maximum atomic E-state index is 10.3. The molecule has 0 aliphatic carbocycles. The van der Waals surface area contributed by atoms with Crippen LogP contribution in [-0.2, 0) is 19.5 Å². The first-order chi connectivity index (χ1) is 4.63. The van der Waals surface area contributed by atoms with Gasteiger partial charge < -0.3 is 0 Å². The molecular weight excluding hydrogens is 148 g/mol. The van der Waals surface area contributed by atoms with Gasteiger partial charge in [0.05, 0.1) is 0 Å². The van der Waals surface area contributed by atoms with Crippen molar-refractivity contribution in [2.75, 3.05) is 0 Å². The zero-order chi connectivity index (χ0) is 8.20. The molecule has 0 saturated heterocycles. The van der Waals surface area contributed by atoms with Gasteiger partial charge in [-0.1, -0.05) is 0 Å². The molecular formula is C3H6O7. The SMILES string of the molecule is CC(=O)C(OO)(OO)OO. The average Bonchev–Trinajstić information content (AvgIpc) is 1.92. The fourth-order valence-electron chi connectivity index (χ4n) is 0.243. The van der Waals surface area contributed by atoms with Crippen LogP contribution in [-0.4, -0.2) is 27.5 Å². The number of hydrogen-bond donors (Lipinski definition) is 3. The Morgan fingerprint density at radius 1 is 1.20 bits per heavy atom. The minimum absolute atomic E-state index is 0.850. The van der Waals surface area contributed by atoms with Crippen LogP contribution in [0.1, 0.15) is 6.92 Å². The molecule has 0 aromatic carbocycles. The molecule has 10 heavy (non-hydrogen) atoms. The monoisotopic (exact) mass is 154 g/mol. The number of Topliss-reactive ketones (excluding diaryl/α,β-unsaturated/α-hetero) is 1. The van der Waals surface area contributed by atoms with E-state index in [9.17, 15) is 4.79 Å². The lowest BCUT2D eigenvalue weighted by Gasteiger charge is -2.17. The second-order valence-electron chi connectivity index (χ2n) is 1.39. The van der Waals surface area contributed by atoms with E-state index in [0.717, 1.165) is 6.92 Å². The topological polar surface area (TPSA) is 105 Å². The van der Waals surface area contributed by atoms with Gasteiger partial charge in [0.2, 0.25) is 5.78 Å². The molecule has 0 heterocycles. The second-order valence-corrected chi connectivity index (χ2v) is 1.39. The van der Waals surface area contributed by atoms with Gasteiger partial charge in [0, 0.05) is 6.92 Å². The molecule has 0 radical (unpaired) electrons. The normalized spacial score (nSPS) is 11.6. The van der Waals surface area contributed by atoms with Gasteiger partial charge in [0.15, 0.2) is 0 Å². The van der Waals surface area contributed by atoms with Gasteiger partial charge in [-0.3, -0.25) is 4.79 Å².